The summed E-state index contributed by atoms with van der Waals surface area (Å²) < 4.78 is 0. The van der Waals surface area contributed by atoms with Gasteiger partial charge >= 0.3 is 6.92 Å². The van der Waals surface area contributed by atoms with E-state index in [4.69, 9.17) is 5.73 Å². The van der Waals surface area contributed by atoms with Gasteiger partial charge in [-0.25, -0.2) is 0 Å². The summed E-state index contributed by atoms with van der Waals surface area (Å²) in [5.41, 5.74) is 11.2. The molecule has 4 nitrogen and oxygen atoms in total. The number of nitrogens with zero attached hydrogens (tertiary/aromatic N) is 2. The number of aryl methyl sites for hydroxylation is 2. The van der Waals surface area contributed by atoms with Crippen LogP contribution in [0.1, 0.15) is 18.2 Å². The topological polar surface area (TPSA) is 72.0 Å². The number of rotatable bonds is 3. The minimum atomic E-state index is -0.483. The molecule has 0 spiro atoms. The lowest BCUT2D eigenvalue weighted by molar-refractivity contribution is 0.594. The third-order valence-corrected chi connectivity index (χ3v) is 4.30. The minimum absolute atomic E-state index is 0.450. The summed E-state index contributed by atoms with van der Waals surface area (Å²) in [6.45, 7) is 5.37. The summed E-state index contributed by atoms with van der Waals surface area (Å²) in [6.07, 6.45) is 0.934. The summed E-state index contributed by atoms with van der Waals surface area (Å²) in [7, 11) is 0. The summed E-state index contributed by atoms with van der Waals surface area (Å²) in [5.74, 6) is 0.450. The van der Waals surface area contributed by atoms with E-state index in [1.54, 1.807) is 6.82 Å². The Kier molecular flexibility index (Phi) is 4.05. The van der Waals surface area contributed by atoms with E-state index < -0.39 is 6.92 Å². The smallest absolute Gasteiger partial charge is 0.320 e. The van der Waals surface area contributed by atoms with Gasteiger partial charge in [0.2, 0.25) is 0 Å². The summed E-state index contributed by atoms with van der Waals surface area (Å²) in [6, 6.07) is 12.3. The van der Waals surface area contributed by atoms with Gasteiger partial charge in [0.25, 0.3) is 0 Å². The fraction of sp³-hybridized carbons (Fsp3) is 0.222. The number of nitrogen functional groups attached to an aromatic ring is 1. The Morgan fingerprint density at radius 2 is 1.87 bits per heavy atom. The van der Waals surface area contributed by atoms with E-state index in [0.29, 0.717) is 5.82 Å². The molecule has 2 aromatic carbocycles. The van der Waals surface area contributed by atoms with Crippen LogP contribution in [0.3, 0.4) is 0 Å². The van der Waals surface area contributed by atoms with E-state index in [2.05, 4.69) is 41.4 Å². The molecule has 3 N–H and O–H groups in total. The maximum Gasteiger partial charge on any atom is 0.320 e. The van der Waals surface area contributed by atoms with Crippen molar-refractivity contribution in [1.29, 1.82) is 0 Å². The van der Waals surface area contributed by atoms with Crippen LogP contribution in [0.2, 0.25) is 6.82 Å². The maximum atomic E-state index is 9.88. The molecule has 0 atom stereocenters. The molecule has 0 radical (unpaired) electrons. The molecular weight excluding hydrogens is 285 g/mol. The Morgan fingerprint density at radius 1 is 1.09 bits per heavy atom. The van der Waals surface area contributed by atoms with Crippen LogP contribution < -0.4 is 11.2 Å². The predicted octanol–water partition coefficient (Wildman–Crippen LogP) is 2.57. The molecule has 3 rings (SSSR count). The van der Waals surface area contributed by atoms with E-state index in [1.165, 1.54) is 5.56 Å². The monoisotopic (exact) mass is 305 g/mol. The molecule has 1 heterocycles. The molecule has 3 aromatic rings. The molecular formula is C18H20BN3O. The quantitative estimate of drug-likeness (QED) is 0.730. The SMILES string of the molecule is CCc1ccc(B(C)O)cc1-c1ccc2c(N)nnc(C)c2c1. The Balaban J connectivity index is 2.24. The molecule has 0 saturated heterocycles. The molecule has 23 heavy (non-hydrogen) atoms. The second-order valence-corrected chi connectivity index (χ2v) is 5.88. The second kappa shape index (κ2) is 6.01. The third kappa shape index (κ3) is 2.80. The fourth-order valence-corrected chi connectivity index (χ4v) is 2.90. The summed E-state index contributed by atoms with van der Waals surface area (Å²) >= 11 is 0. The first-order valence-electron chi connectivity index (χ1n) is 7.85. The number of fused-ring (bicyclic) bond motifs is 1. The second-order valence-electron chi connectivity index (χ2n) is 5.88. The van der Waals surface area contributed by atoms with Crippen LogP contribution >= 0.6 is 0 Å². The molecule has 0 bridgehead atoms. The van der Waals surface area contributed by atoms with Gasteiger partial charge in [-0.2, -0.15) is 5.10 Å². The van der Waals surface area contributed by atoms with Crippen molar-refractivity contribution in [3.05, 3.63) is 47.7 Å². The third-order valence-electron chi connectivity index (χ3n) is 4.30. The lowest BCUT2D eigenvalue weighted by Gasteiger charge is -2.13. The lowest BCUT2D eigenvalue weighted by atomic mass is 9.63. The van der Waals surface area contributed by atoms with Crippen molar-refractivity contribution in [1.82, 2.24) is 10.2 Å². The van der Waals surface area contributed by atoms with Crippen molar-refractivity contribution in [2.45, 2.75) is 27.1 Å². The summed E-state index contributed by atoms with van der Waals surface area (Å²) in [5, 5.41) is 19.9. The molecule has 0 fully saturated rings. The van der Waals surface area contributed by atoms with E-state index in [1.807, 2.05) is 19.1 Å². The molecule has 0 aliphatic heterocycles. The first-order chi connectivity index (χ1) is 11.0. The van der Waals surface area contributed by atoms with E-state index in [9.17, 15) is 5.02 Å². The first-order valence-corrected chi connectivity index (χ1v) is 7.85. The van der Waals surface area contributed by atoms with Gasteiger partial charge < -0.3 is 10.8 Å². The molecule has 0 aliphatic carbocycles. The van der Waals surface area contributed by atoms with Crippen molar-refractivity contribution in [2.24, 2.45) is 0 Å². The number of hydrogen-bond donors (Lipinski definition) is 2. The highest BCUT2D eigenvalue weighted by molar-refractivity contribution is 6.64. The van der Waals surface area contributed by atoms with Gasteiger partial charge in [0.15, 0.2) is 5.82 Å². The Hall–Kier alpha value is -2.40. The van der Waals surface area contributed by atoms with Gasteiger partial charge in [-0.1, -0.05) is 38.0 Å². The van der Waals surface area contributed by atoms with E-state index in [0.717, 1.165) is 39.5 Å². The summed E-state index contributed by atoms with van der Waals surface area (Å²) in [4.78, 5) is 0. The average molecular weight is 305 g/mol. The van der Waals surface area contributed by atoms with E-state index >= 15 is 0 Å². The normalized spacial score (nSPS) is 11.0. The van der Waals surface area contributed by atoms with Crippen LogP contribution in [0.5, 0.6) is 0 Å². The van der Waals surface area contributed by atoms with Gasteiger partial charge in [-0.3, -0.25) is 0 Å². The van der Waals surface area contributed by atoms with Gasteiger partial charge in [-0.05, 0) is 47.6 Å². The number of aromatic nitrogens is 2. The largest absolute Gasteiger partial charge is 0.447 e. The Labute approximate surface area is 136 Å². The highest BCUT2D eigenvalue weighted by atomic mass is 16.2. The fourth-order valence-electron chi connectivity index (χ4n) is 2.90. The van der Waals surface area contributed by atoms with Gasteiger partial charge in [-0.15, -0.1) is 5.10 Å². The van der Waals surface area contributed by atoms with Crippen molar-refractivity contribution in [3.8, 4) is 11.1 Å². The molecule has 0 amide bonds. The molecule has 0 saturated carbocycles. The van der Waals surface area contributed by atoms with Crippen LogP contribution in [0.15, 0.2) is 36.4 Å². The van der Waals surface area contributed by atoms with Crippen LogP contribution in [-0.4, -0.2) is 22.1 Å². The van der Waals surface area contributed by atoms with E-state index in [-0.39, 0.29) is 0 Å². The molecule has 5 heteroatoms. The zero-order valence-corrected chi connectivity index (χ0v) is 13.7. The molecule has 0 aliphatic rings. The Bertz CT molecular complexity index is 878. The predicted molar refractivity (Wildman–Crippen MR) is 97.0 cm³/mol. The maximum absolute atomic E-state index is 9.88. The zero-order chi connectivity index (χ0) is 16.6. The van der Waals surface area contributed by atoms with Crippen LogP contribution in [0.25, 0.3) is 21.9 Å². The van der Waals surface area contributed by atoms with Crippen molar-refractivity contribution in [2.75, 3.05) is 5.73 Å². The average Bonchev–Trinajstić information content (AvgIpc) is 2.57. The minimum Gasteiger partial charge on any atom is -0.447 e. The number of nitrogens with two attached hydrogens (primary N) is 1. The van der Waals surface area contributed by atoms with Crippen LogP contribution in [0, 0.1) is 6.92 Å². The lowest BCUT2D eigenvalue weighted by Crippen LogP contribution is -2.26. The number of anilines is 1. The van der Waals surface area contributed by atoms with Crippen molar-refractivity contribution >= 4 is 29.0 Å². The highest BCUT2D eigenvalue weighted by Gasteiger charge is 2.12. The zero-order valence-electron chi connectivity index (χ0n) is 13.7. The number of benzene rings is 2. The number of hydrogen-bond acceptors (Lipinski definition) is 4. The Morgan fingerprint density at radius 3 is 2.57 bits per heavy atom. The van der Waals surface area contributed by atoms with Gasteiger partial charge in [0.05, 0.1) is 5.69 Å². The standard InChI is InChI=1S/C18H20BN3O/c1-4-12-5-7-14(19(3)23)10-17(12)13-6-8-15-16(9-13)11(2)21-22-18(15)20/h5-10,23H,4H2,1-3H3,(H2,20,22). The van der Waals surface area contributed by atoms with Crippen molar-refractivity contribution in [3.63, 3.8) is 0 Å². The van der Waals surface area contributed by atoms with Gasteiger partial charge in [0, 0.05) is 10.8 Å². The van der Waals surface area contributed by atoms with Crippen LogP contribution in [-0.2, 0) is 6.42 Å². The highest BCUT2D eigenvalue weighted by Crippen LogP contribution is 2.29. The molecule has 116 valence electrons. The molecule has 0 unspecified atom stereocenters. The van der Waals surface area contributed by atoms with Gasteiger partial charge in [0.1, 0.15) is 0 Å². The molecule has 1 aromatic heterocycles. The van der Waals surface area contributed by atoms with Crippen LogP contribution in [0.4, 0.5) is 5.82 Å². The van der Waals surface area contributed by atoms with Crippen molar-refractivity contribution < 1.29 is 5.02 Å². The first kappa shape index (κ1) is 15.5.